The number of methoxy groups -OCH3 is 1. The molecule has 1 rings (SSSR count). The number of aromatic nitrogens is 1. The largest absolute Gasteiger partial charge is 0.476 e. The van der Waals surface area contributed by atoms with Crippen molar-refractivity contribution in [2.75, 3.05) is 26.1 Å². The van der Waals surface area contributed by atoms with Crippen molar-refractivity contribution in [1.82, 2.24) is 4.98 Å². The Morgan fingerprint density at radius 1 is 1.50 bits per heavy atom. The van der Waals surface area contributed by atoms with E-state index in [1.807, 2.05) is 0 Å². The zero-order valence-electron chi connectivity index (χ0n) is 8.22. The van der Waals surface area contributed by atoms with Gasteiger partial charge in [0.05, 0.1) is 12.0 Å². The predicted octanol–water partition coefficient (Wildman–Crippen LogP) is 1.06. The Labute approximate surface area is 81.3 Å². The average molecular weight is 197 g/mol. The van der Waals surface area contributed by atoms with Gasteiger partial charge in [-0.1, -0.05) is 0 Å². The molecule has 14 heavy (non-hydrogen) atoms. The Morgan fingerprint density at radius 3 is 2.57 bits per heavy atom. The molecule has 1 aromatic rings. The summed E-state index contributed by atoms with van der Waals surface area (Å²) < 4.78 is 4.82. The first kappa shape index (κ1) is 10.2. The highest BCUT2D eigenvalue weighted by Crippen LogP contribution is 2.26. The lowest BCUT2D eigenvalue weighted by Crippen LogP contribution is -2.11. The van der Waals surface area contributed by atoms with Crippen molar-refractivity contribution in [3.63, 3.8) is 0 Å². The smallest absolute Gasteiger partial charge is 0.331 e. The van der Waals surface area contributed by atoms with Gasteiger partial charge in [-0.15, -0.1) is 0 Å². The quantitative estimate of drug-likeness (QED) is 0.535. The second-order valence-corrected chi connectivity index (χ2v) is 2.85. The van der Waals surface area contributed by atoms with E-state index in [1.54, 1.807) is 25.1 Å². The van der Waals surface area contributed by atoms with Crippen LogP contribution in [-0.4, -0.2) is 31.1 Å². The summed E-state index contributed by atoms with van der Waals surface area (Å²) in [5.74, 6) is 0.647. The second kappa shape index (κ2) is 3.91. The molecule has 0 N–H and O–H groups in total. The van der Waals surface area contributed by atoms with Gasteiger partial charge in [0.15, 0.2) is 0 Å². The van der Waals surface area contributed by atoms with Crippen LogP contribution in [0.25, 0.3) is 0 Å². The molecular formula is C8H11N3O3. The lowest BCUT2D eigenvalue weighted by Gasteiger charge is -2.11. The summed E-state index contributed by atoms with van der Waals surface area (Å²) in [7, 11) is 4.95. The standard InChI is InChI=1S/C8H11N3O3/c1-10(2)7-5-4-6(11(12)13)8(9-7)14-3/h4-5H,1-3H3. The van der Waals surface area contributed by atoms with Gasteiger partial charge in [-0.2, -0.15) is 4.98 Å². The van der Waals surface area contributed by atoms with E-state index < -0.39 is 4.92 Å². The fraction of sp³-hybridized carbons (Fsp3) is 0.375. The number of hydrogen-bond acceptors (Lipinski definition) is 5. The number of nitro groups is 1. The molecular weight excluding hydrogens is 186 g/mol. The lowest BCUT2D eigenvalue weighted by atomic mass is 10.4. The molecule has 0 bridgehead atoms. The Bertz CT molecular complexity index is 352. The number of rotatable bonds is 3. The molecule has 76 valence electrons. The van der Waals surface area contributed by atoms with E-state index in [1.165, 1.54) is 13.2 Å². The van der Waals surface area contributed by atoms with Gasteiger partial charge in [-0.3, -0.25) is 10.1 Å². The molecule has 0 aliphatic rings. The first-order valence-corrected chi connectivity index (χ1v) is 3.93. The Kier molecular flexibility index (Phi) is 2.85. The zero-order valence-corrected chi connectivity index (χ0v) is 8.22. The predicted molar refractivity (Wildman–Crippen MR) is 51.8 cm³/mol. The molecule has 1 heterocycles. The van der Waals surface area contributed by atoms with Crippen LogP contribution in [0.15, 0.2) is 12.1 Å². The van der Waals surface area contributed by atoms with E-state index in [0.29, 0.717) is 5.82 Å². The third-order valence-corrected chi connectivity index (χ3v) is 1.67. The number of nitrogens with zero attached hydrogens (tertiary/aromatic N) is 3. The van der Waals surface area contributed by atoms with Crippen LogP contribution in [0.1, 0.15) is 0 Å². The Balaban J connectivity index is 3.18. The minimum absolute atomic E-state index is 0.0289. The van der Waals surface area contributed by atoms with Crippen molar-refractivity contribution in [2.24, 2.45) is 0 Å². The number of anilines is 1. The van der Waals surface area contributed by atoms with Crippen LogP contribution < -0.4 is 9.64 Å². The normalized spacial score (nSPS) is 9.64. The third-order valence-electron chi connectivity index (χ3n) is 1.67. The SMILES string of the molecule is COc1nc(N(C)C)ccc1[N+](=O)[O-]. The van der Waals surface area contributed by atoms with Crippen molar-refractivity contribution >= 4 is 11.5 Å². The molecule has 0 aliphatic carbocycles. The number of pyridine rings is 1. The average Bonchev–Trinajstić information content (AvgIpc) is 2.16. The molecule has 0 saturated carbocycles. The van der Waals surface area contributed by atoms with E-state index in [4.69, 9.17) is 4.74 Å². The first-order chi connectivity index (χ1) is 6.56. The summed E-state index contributed by atoms with van der Waals surface area (Å²) in [6.07, 6.45) is 0. The van der Waals surface area contributed by atoms with Crippen molar-refractivity contribution in [1.29, 1.82) is 0 Å². The van der Waals surface area contributed by atoms with Gasteiger partial charge in [0.25, 0.3) is 5.88 Å². The summed E-state index contributed by atoms with van der Waals surface area (Å²) >= 11 is 0. The topological polar surface area (TPSA) is 68.5 Å². The van der Waals surface area contributed by atoms with Crippen LogP contribution in [-0.2, 0) is 0 Å². The number of ether oxygens (including phenoxy) is 1. The minimum Gasteiger partial charge on any atom is -0.476 e. The van der Waals surface area contributed by atoms with Gasteiger partial charge in [-0.25, -0.2) is 0 Å². The van der Waals surface area contributed by atoms with E-state index in [2.05, 4.69) is 4.98 Å². The van der Waals surface area contributed by atoms with Gasteiger partial charge < -0.3 is 9.64 Å². The highest BCUT2D eigenvalue weighted by atomic mass is 16.6. The summed E-state index contributed by atoms with van der Waals surface area (Å²) in [4.78, 5) is 15.7. The molecule has 6 heteroatoms. The van der Waals surface area contributed by atoms with Crippen molar-refractivity contribution in [2.45, 2.75) is 0 Å². The molecule has 6 nitrogen and oxygen atoms in total. The van der Waals surface area contributed by atoms with Crippen LogP contribution in [0.3, 0.4) is 0 Å². The molecule has 0 amide bonds. The molecule has 0 saturated heterocycles. The van der Waals surface area contributed by atoms with Crippen molar-refractivity contribution < 1.29 is 9.66 Å². The van der Waals surface area contributed by atoms with Crippen LogP contribution in [0, 0.1) is 10.1 Å². The third kappa shape index (κ3) is 1.90. The van der Waals surface area contributed by atoms with Gasteiger partial charge in [0, 0.05) is 20.2 Å². The first-order valence-electron chi connectivity index (χ1n) is 3.93. The fourth-order valence-electron chi connectivity index (χ4n) is 0.962. The fourth-order valence-corrected chi connectivity index (χ4v) is 0.962. The van der Waals surface area contributed by atoms with E-state index in [0.717, 1.165) is 0 Å². The maximum absolute atomic E-state index is 10.5. The maximum atomic E-state index is 10.5. The monoisotopic (exact) mass is 197 g/mol. The van der Waals surface area contributed by atoms with E-state index in [-0.39, 0.29) is 11.6 Å². The van der Waals surface area contributed by atoms with Crippen LogP contribution in [0.5, 0.6) is 5.88 Å². The molecule has 0 radical (unpaired) electrons. The van der Waals surface area contributed by atoms with Crippen molar-refractivity contribution in [3.8, 4) is 5.88 Å². The Hall–Kier alpha value is -1.85. The minimum atomic E-state index is -0.523. The number of hydrogen-bond donors (Lipinski definition) is 0. The summed E-state index contributed by atoms with van der Waals surface area (Å²) in [6.45, 7) is 0. The molecule has 0 atom stereocenters. The van der Waals surface area contributed by atoms with Gasteiger partial charge in [-0.05, 0) is 6.07 Å². The van der Waals surface area contributed by atoms with Gasteiger partial charge in [0.2, 0.25) is 0 Å². The van der Waals surface area contributed by atoms with Gasteiger partial charge >= 0.3 is 5.69 Å². The van der Waals surface area contributed by atoms with Crippen LogP contribution >= 0.6 is 0 Å². The van der Waals surface area contributed by atoms with E-state index >= 15 is 0 Å². The molecule has 0 unspecified atom stereocenters. The van der Waals surface area contributed by atoms with E-state index in [9.17, 15) is 10.1 Å². The summed E-state index contributed by atoms with van der Waals surface area (Å²) in [6, 6.07) is 2.95. The highest BCUT2D eigenvalue weighted by Gasteiger charge is 2.16. The molecule has 0 spiro atoms. The molecule has 1 aromatic heterocycles. The lowest BCUT2D eigenvalue weighted by molar-refractivity contribution is -0.386. The highest BCUT2D eigenvalue weighted by molar-refractivity contribution is 5.49. The van der Waals surface area contributed by atoms with Crippen molar-refractivity contribution in [3.05, 3.63) is 22.2 Å². The van der Waals surface area contributed by atoms with Crippen LogP contribution in [0.4, 0.5) is 11.5 Å². The molecule has 0 aliphatic heterocycles. The maximum Gasteiger partial charge on any atom is 0.331 e. The molecule has 0 fully saturated rings. The summed E-state index contributed by atoms with van der Waals surface area (Å²) in [5, 5.41) is 10.5. The molecule has 0 aromatic carbocycles. The van der Waals surface area contributed by atoms with Crippen LogP contribution in [0.2, 0.25) is 0 Å². The summed E-state index contributed by atoms with van der Waals surface area (Å²) in [5.41, 5.74) is -0.127. The zero-order chi connectivity index (χ0) is 10.7. The second-order valence-electron chi connectivity index (χ2n) is 2.85. The van der Waals surface area contributed by atoms with Gasteiger partial charge in [0.1, 0.15) is 5.82 Å². The Morgan fingerprint density at radius 2 is 2.14 bits per heavy atom.